The van der Waals surface area contributed by atoms with Crippen molar-refractivity contribution in [1.29, 1.82) is 0 Å². The number of aromatic nitrogens is 1. The molecule has 1 N–H and O–H groups in total. The Morgan fingerprint density at radius 1 is 1.29 bits per heavy atom. The third-order valence-corrected chi connectivity index (χ3v) is 4.11. The van der Waals surface area contributed by atoms with Crippen molar-refractivity contribution in [1.82, 2.24) is 4.98 Å². The lowest BCUT2D eigenvalue weighted by Crippen LogP contribution is -2.06. The van der Waals surface area contributed by atoms with E-state index in [1.165, 1.54) is 0 Å². The first kappa shape index (κ1) is 15.8. The van der Waals surface area contributed by atoms with Crippen LogP contribution in [0.15, 0.2) is 18.2 Å². The first-order valence-corrected chi connectivity index (χ1v) is 8.37. The molecule has 5 heteroatoms. The van der Waals surface area contributed by atoms with Gasteiger partial charge in [0.1, 0.15) is 0 Å². The molecule has 0 atom stereocenters. The molecule has 2 rings (SSSR count). The first-order chi connectivity index (χ1) is 10.2. The number of rotatable bonds is 8. The molecule has 0 aliphatic heterocycles. The quantitative estimate of drug-likeness (QED) is 0.577. The van der Waals surface area contributed by atoms with Crippen LogP contribution in [0.4, 0.5) is 5.13 Å². The van der Waals surface area contributed by atoms with E-state index in [1.54, 1.807) is 17.4 Å². The van der Waals surface area contributed by atoms with Crippen molar-refractivity contribution >= 4 is 32.7 Å². The van der Waals surface area contributed by atoms with Crippen molar-refractivity contribution in [2.45, 2.75) is 39.5 Å². The molecular weight excluding hydrogens is 284 g/mol. The van der Waals surface area contributed by atoms with Crippen molar-refractivity contribution in [2.75, 3.05) is 18.5 Å². The molecule has 0 radical (unpaired) electrons. The SMILES string of the molecule is CCCCCOC(=O)c1ccc2nc(NCCC)sc2c1. The van der Waals surface area contributed by atoms with Crippen LogP contribution in [0.3, 0.4) is 0 Å². The van der Waals surface area contributed by atoms with Gasteiger partial charge in [-0.3, -0.25) is 0 Å². The Balaban J connectivity index is 2.02. The number of hydrogen-bond acceptors (Lipinski definition) is 5. The van der Waals surface area contributed by atoms with Crippen LogP contribution in [0.5, 0.6) is 0 Å². The van der Waals surface area contributed by atoms with E-state index in [-0.39, 0.29) is 5.97 Å². The molecule has 0 saturated heterocycles. The van der Waals surface area contributed by atoms with Gasteiger partial charge in [0, 0.05) is 6.54 Å². The van der Waals surface area contributed by atoms with E-state index < -0.39 is 0 Å². The number of fused-ring (bicyclic) bond motifs is 1. The van der Waals surface area contributed by atoms with Crippen molar-refractivity contribution < 1.29 is 9.53 Å². The van der Waals surface area contributed by atoms with E-state index in [0.29, 0.717) is 12.2 Å². The van der Waals surface area contributed by atoms with Crippen LogP contribution in [0.1, 0.15) is 49.9 Å². The summed E-state index contributed by atoms with van der Waals surface area (Å²) in [5.41, 5.74) is 1.52. The number of benzene rings is 1. The number of hydrogen-bond donors (Lipinski definition) is 1. The fourth-order valence-electron chi connectivity index (χ4n) is 1.96. The van der Waals surface area contributed by atoms with Crippen LogP contribution >= 0.6 is 11.3 Å². The van der Waals surface area contributed by atoms with Crippen molar-refractivity contribution in [3.05, 3.63) is 23.8 Å². The number of nitrogens with zero attached hydrogens (tertiary/aromatic N) is 1. The zero-order valence-corrected chi connectivity index (χ0v) is 13.5. The summed E-state index contributed by atoms with van der Waals surface area (Å²) in [4.78, 5) is 16.5. The lowest BCUT2D eigenvalue weighted by molar-refractivity contribution is 0.0498. The number of carbonyl (C=O) groups is 1. The Morgan fingerprint density at radius 2 is 2.14 bits per heavy atom. The van der Waals surface area contributed by atoms with Crippen LogP contribution < -0.4 is 5.32 Å². The summed E-state index contributed by atoms with van der Waals surface area (Å²) in [5, 5.41) is 4.18. The number of thiazole rings is 1. The van der Waals surface area contributed by atoms with Gasteiger partial charge in [0.05, 0.1) is 22.4 Å². The summed E-state index contributed by atoms with van der Waals surface area (Å²) in [6, 6.07) is 5.53. The predicted octanol–water partition coefficient (Wildman–Crippen LogP) is 4.47. The summed E-state index contributed by atoms with van der Waals surface area (Å²) in [6.07, 6.45) is 4.20. The Kier molecular flexibility index (Phi) is 5.99. The van der Waals surface area contributed by atoms with Crippen molar-refractivity contribution in [3.63, 3.8) is 0 Å². The Bertz CT molecular complexity index is 595. The summed E-state index contributed by atoms with van der Waals surface area (Å²) in [5.74, 6) is -0.246. The van der Waals surface area contributed by atoms with Gasteiger partial charge in [0.15, 0.2) is 5.13 Å². The molecule has 1 aromatic carbocycles. The average Bonchev–Trinajstić information content (AvgIpc) is 2.91. The standard InChI is InChI=1S/C16H22N2O2S/c1-3-5-6-10-20-15(19)12-7-8-13-14(11-12)21-16(18-13)17-9-4-2/h7-8,11H,3-6,9-10H2,1-2H3,(H,17,18). The third-order valence-electron chi connectivity index (χ3n) is 3.13. The van der Waals surface area contributed by atoms with Gasteiger partial charge in [-0.15, -0.1) is 0 Å². The molecule has 0 unspecified atom stereocenters. The van der Waals surface area contributed by atoms with Crippen molar-refractivity contribution in [3.8, 4) is 0 Å². The molecular formula is C16H22N2O2S. The topological polar surface area (TPSA) is 51.2 Å². The second-order valence-corrected chi connectivity index (χ2v) is 6.00. The van der Waals surface area contributed by atoms with Crippen LogP contribution in [-0.4, -0.2) is 24.1 Å². The lowest BCUT2D eigenvalue weighted by Gasteiger charge is -2.03. The highest BCUT2D eigenvalue weighted by molar-refractivity contribution is 7.22. The number of esters is 1. The molecule has 1 aromatic heterocycles. The largest absolute Gasteiger partial charge is 0.462 e. The first-order valence-electron chi connectivity index (χ1n) is 7.56. The maximum Gasteiger partial charge on any atom is 0.338 e. The van der Waals surface area contributed by atoms with Gasteiger partial charge in [-0.25, -0.2) is 9.78 Å². The number of anilines is 1. The van der Waals surface area contributed by atoms with E-state index in [9.17, 15) is 4.79 Å². The minimum Gasteiger partial charge on any atom is -0.462 e. The molecule has 0 bridgehead atoms. The number of ether oxygens (including phenoxy) is 1. The van der Waals surface area contributed by atoms with Gasteiger partial charge < -0.3 is 10.1 Å². The zero-order chi connectivity index (χ0) is 15.1. The summed E-state index contributed by atoms with van der Waals surface area (Å²) in [7, 11) is 0. The van der Waals surface area contributed by atoms with Gasteiger partial charge >= 0.3 is 5.97 Å². The van der Waals surface area contributed by atoms with E-state index in [4.69, 9.17) is 4.74 Å². The normalized spacial score (nSPS) is 10.8. The molecule has 0 fully saturated rings. The molecule has 2 aromatic rings. The molecule has 0 saturated carbocycles. The Hall–Kier alpha value is -1.62. The maximum atomic E-state index is 12.0. The van der Waals surface area contributed by atoms with E-state index in [2.05, 4.69) is 24.1 Å². The monoisotopic (exact) mass is 306 g/mol. The number of nitrogens with one attached hydrogen (secondary N) is 1. The van der Waals surface area contributed by atoms with Crippen molar-refractivity contribution in [2.24, 2.45) is 0 Å². The zero-order valence-electron chi connectivity index (χ0n) is 12.6. The summed E-state index contributed by atoms with van der Waals surface area (Å²) < 4.78 is 6.29. The van der Waals surface area contributed by atoms with Gasteiger partial charge in [0.2, 0.25) is 0 Å². The lowest BCUT2D eigenvalue weighted by atomic mass is 10.2. The summed E-state index contributed by atoms with van der Waals surface area (Å²) >= 11 is 1.57. The van der Waals surface area contributed by atoms with Gasteiger partial charge in [0.25, 0.3) is 0 Å². The Morgan fingerprint density at radius 3 is 2.90 bits per heavy atom. The molecule has 0 spiro atoms. The highest BCUT2D eigenvalue weighted by atomic mass is 32.1. The minimum atomic E-state index is -0.246. The highest BCUT2D eigenvalue weighted by Gasteiger charge is 2.10. The molecule has 0 aliphatic carbocycles. The molecule has 114 valence electrons. The third kappa shape index (κ3) is 4.43. The van der Waals surface area contributed by atoms with Crippen LogP contribution in [0, 0.1) is 0 Å². The van der Waals surface area contributed by atoms with Gasteiger partial charge in [-0.05, 0) is 31.0 Å². The number of carbonyl (C=O) groups excluding carboxylic acids is 1. The molecule has 21 heavy (non-hydrogen) atoms. The highest BCUT2D eigenvalue weighted by Crippen LogP contribution is 2.27. The van der Waals surface area contributed by atoms with E-state index >= 15 is 0 Å². The molecule has 0 aliphatic rings. The van der Waals surface area contributed by atoms with E-state index in [1.807, 2.05) is 12.1 Å². The smallest absolute Gasteiger partial charge is 0.338 e. The van der Waals surface area contributed by atoms with Gasteiger partial charge in [-0.2, -0.15) is 0 Å². The van der Waals surface area contributed by atoms with Gasteiger partial charge in [-0.1, -0.05) is 38.0 Å². The average molecular weight is 306 g/mol. The summed E-state index contributed by atoms with van der Waals surface area (Å²) in [6.45, 7) is 5.65. The maximum absolute atomic E-state index is 12.0. The molecule has 4 nitrogen and oxygen atoms in total. The second-order valence-electron chi connectivity index (χ2n) is 4.97. The van der Waals surface area contributed by atoms with Crippen LogP contribution in [0.25, 0.3) is 10.2 Å². The second kappa shape index (κ2) is 7.98. The number of unbranched alkanes of at least 4 members (excludes halogenated alkanes) is 2. The van der Waals surface area contributed by atoms with E-state index in [0.717, 1.165) is 47.6 Å². The fourth-order valence-corrected chi connectivity index (χ4v) is 2.89. The van der Waals surface area contributed by atoms with Crippen LogP contribution in [-0.2, 0) is 4.74 Å². The Labute approximate surface area is 129 Å². The minimum absolute atomic E-state index is 0.246. The fraction of sp³-hybridized carbons (Fsp3) is 0.500. The molecule has 0 amide bonds. The van der Waals surface area contributed by atoms with Crippen LogP contribution in [0.2, 0.25) is 0 Å². The molecule has 1 heterocycles. The predicted molar refractivity (Wildman–Crippen MR) is 88.2 cm³/mol.